The van der Waals surface area contributed by atoms with Crippen molar-refractivity contribution in [3.8, 4) is 5.75 Å². The van der Waals surface area contributed by atoms with Crippen LogP contribution in [0.15, 0.2) is 18.2 Å². The largest absolute Gasteiger partial charge is 0.494 e. The molecular weight excluding hydrogens is 241 g/mol. The summed E-state index contributed by atoms with van der Waals surface area (Å²) in [7, 11) is 1.35. The Morgan fingerprint density at radius 3 is 2.78 bits per heavy atom. The van der Waals surface area contributed by atoms with Gasteiger partial charge in [0.1, 0.15) is 0 Å². The number of benzene rings is 1. The second-order valence-electron chi connectivity index (χ2n) is 4.06. The normalized spacial score (nSPS) is 19.1. The van der Waals surface area contributed by atoms with E-state index < -0.39 is 17.7 Å². The smallest absolute Gasteiger partial charge is 0.308 e. The molecule has 1 unspecified atom stereocenters. The van der Waals surface area contributed by atoms with E-state index in [-0.39, 0.29) is 24.6 Å². The zero-order chi connectivity index (χ0) is 13.3. The fourth-order valence-corrected chi connectivity index (χ4v) is 1.95. The summed E-state index contributed by atoms with van der Waals surface area (Å²) < 4.78 is 18.3. The number of carboxylic acid groups (broad SMARTS) is 1. The molecule has 1 saturated heterocycles. The molecule has 1 heterocycles. The molecular formula is C12H12FNO4. The average Bonchev–Trinajstić information content (AvgIpc) is 2.71. The van der Waals surface area contributed by atoms with Crippen LogP contribution < -0.4 is 9.64 Å². The van der Waals surface area contributed by atoms with E-state index in [0.29, 0.717) is 5.69 Å². The van der Waals surface area contributed by atoms with Crippen LogP contribution in [-0.2, 0) is 9.59 Å². The predicted molar refractivity (Wildman–Crippen MR) is 61.0 cm³/mol. The quantitative estimate of drug-likeness (QED) is 0.881. The first-order valence-electron chi connectivity index (χ1n) is 5.39. The molecule has 0 bridgehead atoms. The third-order valence-corrected chi connectivity index (χ3v) is 2.92. The van der Waals surface area contributed by atoms with Gasteiger partial charge in [-0.15, -0.1) is 0 Å². The van der Waals surface area contributed by atoms with Gasteiger partial charge in [0.05, 0.1) is 13.0 Å². The number of carboxylic acids is 1. The molecule has 0 spiro atoms. The summed E-state index contributed by atoms with van der Waals surface area (Å²) in [6.07, 6.45) is -0.0526. The number of aliphatic carboxylic acids is 1. The highest BCUT2D eigenvalue weighted by atomic mass is 19.1. The summed E-state index contributed by atoms with van der Waals surface area (Å²) >= 11 is 0. The Kier molecular flexibility index (Phi) is 3.18. The summed E-state index contributed by atoms with van der Waals surface area (Å²) in [4.78, 5) is 23.8. The van der Waals surface area contributed by atoms with Crippen LogP contribution in [0.1, 0.15) is 6.42 Å². The van der Waals surface area contributed by atoms with E-state index in [9.17, 15) is 14.0 Å². The van der Waals surface area contributed by atoms with Crippen LogP contribution in [0.5, 0.6) is 5.75 Å². The van der Waals surface area contributed by atoms with Crippen LogP contribution >= 0.6 is 0 Å². The van der Waals surface area contributed by atoms with E-state index in [1.807, 2.05) is 0 Å². The number of hydrogen-bond donors (Lipinski definition) is 1. The molecule has 1 aliphatic rings. The van der Waals surface area contributed by atoms with Crippen molar-refractivity contribution in [2.45, 2.75) is 6.42 Å². The molecule has 96 valence electrons. The van der Waals surface area contributed by atoms with Gasteiger partial charge in [-0.2, -0.15) is 0 Å². The number of carbonyl (C=O) groups excluding carboxylic acids is 1. The first kappa shape index (κ1) is 12.3. The van der Waals surface area contributed by atoms with Crippen molar-refractivity contribution in [1.82, 2.24) is 0 Å². The van der Waals surface area contributed by atoms with Gasteiger partial charge in [0.15, 0.2) is 11.6 Å². The first-order valence-corrected chi connectivity index (χ1v) is 5.39. The molecule has 2 rings (SSSR count). The maximum Gasteiger partial charge on any atom is 0.308 e. The summed E-state index contributed by atoms with van der Waals surface area (Å²) in [5.41, 5.74) is 0.349. The molecule has 1 aromatic rings. The molecule has 1 amide bonds. The Bertz CT molecular complexity index is 503. The lowest BCUT2D eigenvalue weighted by atomic mass is 10.1. The molecule has 5 nitrogen and oxygen atoms in total. The van der Waals surface area contributed by atoms with E-state index in [4.69, 9.17) is 9.84 Å². The second-order valence-corrected chi connectivity index (χ2v) is 4.06. The van der Waals surface area contributed by atoms with Gasteiger partial charge in [0.25, 0.3) is 0 Å². The minimum absolute atomic E-state index is 0.0526. The first-order chi connectivity index (χ1) is 8.52. The molecule has 1 fully saturated rings. The fraction of sp³-hybridized carbons (Fsp3) is 0.333. The maximum absolute atomic E-state index is 13.5. The van der Waals surface area contributed by atoms with Gasteiger partial charge in [0, 0.05) is 24.7 Å². The van der Waals surface area contributed by atoms with Crippen LogP contribution in [0.4, 0.5) is 10.1 Å². The zero-order valence-electron chi connectivity index (χ0n) is 9.72. The monoisotopic (exact) mass is 253 g/mol. The van der Waals surface area contributed by atoms with Crippen molar-refractivity contribution in [3.05, 3.63) is 24.0 Å². The standard InChI is InChI=1S/C12H12FNO4/c1-18-10-3-2-8(5-9(10)13)14-6-7(12(16)17)4-11(14)15/h2-3,5,7H,4,6H2,1H3,(H,16,17). The van der Waals surface area contributed by atoms with E-state index >= 15 is 0 Å². The highest BCUT2D eigenvalue weighted by molar-refractivity contribution is 5.99. The van der Waals surface area contributed by atoms with Gasteiger partial charge in [-0.1, -0.05) is 0 Å². The van der Waals surface area contributed by atoms with Crippen LogP contribution in [-0.4, -0.2) is 30.6 Å². The summed E-state index contributed by atoms with van der Waals surface area (Å²) in [6, 6.07) is 4.11. The zero-order valence-corrected chi connectivity index (χ0v) is 9.72. The van der Waals surface area contributed by atoms with Crippen LogP contribution in [0.3, 0.4) is 0 Å². The number of nitrogens with zero attached hydrogens (tertiary/aromatic N) is 1. The highest BCUT2D eigenvalue weighted by Gasteiger charge is 2.35. The lowest BCUT2D eigenvalue weighted by Crippen LogP contribution is -2.25. The molecule has 0 radical (unpaired) electrons. The number of ether oxygens (including phenoxy) is 1. The van der Waals surface area contributed by atoms with Crippen molar-refractivity contribution in [1.29, 1.82) is 0 Å². The number of methoxy groups -OCH3 is 1. The van der Waals surface area contributed by atoms with Gasteiger partial charge in [-0.05, 0) is 12.1 Å². The van der Waals surface area contributed by atoms with Crippen LogP contribution in [0.25, 0.3) is 0 Å². The minimum atomic E-state index is -1.01. The summed E-state index contributed by atoms with van der Waals surface area (Å²) in [5.74, 6) is -2.56. The topological polar surface area (TPSA) is 66.8 Å². The van der Waals surface area contributed by atoms with Gasteiger partial charge < -0.3 is 14.7 Å². The number of amides is 1. The van der Waals surface area contributed by atoms with E-state index in [0.717, 1.165) is 0 Å². The van der Waals surface area contributed by atoms with E-state index in [1.165, 1.54) is 30.2 Å². The SMILES string of the molecule is COc1ccc(N2CC(C(=O)O)CC2=O)cc1F. The van der Waals surface area contributed by atoms with Crippen molar-refractivity contribution in [3.63, 3.8) is 0 Å². The Hall–Kier alpha value is -2.11. The second kappa shape index (κ2) is 4.64. The van der Waals surface area contributed by atoms with Gasteiger partial charge >= 0.3 is 5.97 Å². The highest BCUT2D eigenvalue weighted by Crippen LogP contribution is 2.28. The Balaban J connectivity index is 2.24. The van der Waals surface area contributed by atoms with Gasteiger partial charge in [0.2, 0.25) is 5.91 Å². The number of hydrogen-bond acceptors (Lipinski definition) is 3. The number of rotatable bonds is 3. The number of anilines is 1. The molecule has 1 atom stereocenters. The summed E-state index contributed by atoms with van der Waals surface area (Å²) in [6.45, 7) is 0.0694. The maximum atomic E-state index is 13.5. The lowest BCUT2D eigenvalue weighted by Gasteiger charge is -2.16. The van der Waals surface area contributed by atoms with Gasteiger partial charge in [-0.3, -0.25) is 9.59 Å². The van der Waals surface area contributed by atoms with Crippen molar-refractivity contribution in [2.24, 2.45) is 5.92 Å². The average molecular weight is 253 g/mol. The lowest BCUT2D eigenvalue weighted by molar-refractivity contribution is -0.141. The minimum Gasteiger partial charge on any atom is -0.494 e. The Morgan fingerprint density at radius 2 is 2.28 bits per heavy atom. The fourth-order valence-electron chi connectivity index (χ4n) is 1.95. The number of carbonyl (C=O) groups is 2. The van der Waals surface area contributed by atoms with Crippen molar-refractivity contribution in [2.75, 3.05) is 18.6 Å². The molecule has 0 aromatic heterocycles. The molecule has 1 N–H and O–H groups in total. The van der Waals surface area contributed by atoms with Crippen LogP contribution in [0, 0.1) is 11.7 Å². The van der Waals surface area contributed by atoms with E-state index in [2.05, 4.69) is 0 Å². The third kappa shape index (κ3) is 2.13. The molecule has 0 aliphatic carbocycles. The molecule has 1 aliphatic heterocycles. The van der Waals surface area contributed by atoms with Crippen LogP contribution in [0.2, 0.25) is 0 Å². The third-order valence-electron chi connectivity index (χ3n) is 2.92. The van der Waals surface area contributed by atoms with Gasteiger partial charge in [-0.25, -0.2) is 4.39 Å². The summed E-state index contributed by atoms with van der Waals surface area (Å²) in [5, 5.41) is 8.86. The van der Waals surface area contributed by atoms with Crippen molar-refractivity contribution >= 4 is 17.6 Å². The van der Waals surface area contributed by atoms with Crippen molar-refractivity contribution < 1.29 is 23.8 Å². The predicted octanol–water partition coefficient (Wildman–Crippen LogP) is 1.27. The molecule has 1 aromatic carbocycles. The number of halogens is 1. The molecule has 6 heteroatoms. The van der Waals surface area contributed by atoms with E-state index in [1.54, 1.807) is 0 Å². The molecule has 18 heavy (non-hydrogen) atoms. The molecule has 0 saturated carbocycles. The Labute approximate surface area is 103 Å². The Morgan fingerprint density at radius 1 is 1.56 bits per heavy atom.